The summed E-state index contributed by atoms with van der Waals surface area (Å²) in [4.78, 5) is 0. The van der Waals surface area contributed by atoms with Gasteiger partial charge in [0, 0.05) is 26.6 Å². The van der Waals surface area contributed by atoms with Gasteiger partial charge in [-0.3, -0.25) is 0 Å². The first-order chi connectivity index (χ1) is 11.6. The molecule has 0 aliphatic carbocycles. The van der Waals surface area contributed by atoms with Crippen LogP contribution >= 0.6 is 0 Å². The second-order valence-electron chi connectivity index (χ2n) is 6.39. The lowest BCUT2D eigenvalue weighted by molar-refractivity contribution is -0.462. The van der Waals surface area contributed by atoms with Gasteiger partial charge in [0.1, 0.15) is 0 Å². The predicted octanol–water partition coefficient (Wildman–Crippen LogP) is 2.28. The summed E-state index contributed by atoms with van der Waals surface area (Å²) in [5.41, 5.74) is -0.321. The fourth-order valence-electron chi connectivity index (χ4n) is 2.74. The first-order valence-corrected chi connectivity index (χ1v) is 8.90. The zero-order valence-corrected chi connectivity index (χ0v) is 15.4. The summed E-state index contributed by atoms with van der Waals surface area (Å²) in [6, 6.07) is 0. The van der Waals surface area contributed by atoms with E-state index in [9.17, 15) is 0 Å². The van der Waals surface area contributed by atoms with Gasteiger partial charge in [-0.15, -0.1) is 0 Å². The standard InChI is InChI=1S/C17H32O7/c1-5-8-19-9-10-20-17(7-3)23-13-15(14-24-17)11-21-16(6-2,18-4)22-12-15/h5-14H2,1-4H3. The lowest BCUT2D eigenvalue weighted by Gasteiger charge is -2.49. The number of ether oxygens (including phenoxy) is 7. The molecule has 7 nitrogen and oxygen atoms in total. The molecule has 2 fully saturated rings. The second-order valence-corrected chi connectivity index (χ2v) is 6.39. The Bertz CT molecular complexity index is 350. The normalized spacial score (nSPS) is 37.0. The van der Waals surface area contributed by atoms with E-state index in [1.165, 1.54) is 0 Å². The maximum atomic E-state index is 5.95. The van der Waals surface area contributed by atoms with Gasteiger partial charge in [0.2, 0.25) is 0 Å². The van der Waals surface area contributed by atoms with Gasteiger partial charge < -0.3 is 33.2 Å². The first-order valence-electron chi connectivity index (χ1n) is 8.90. The Labute approximate surface area is 144 Å². The minimum atomic E-state index is -0.999. The van der Waals surface area contributed by atoms with Crippen LogP contribution in [0.4, 0.5) is 0 Å². The van der Waals surface area contributed by atoms with Crippen LogP contribution < -0.4 is 0 Å². The maximum Gasteiger partial charge on any atom is 0.282 e. The zero-order chi connectivity index (χ0) is 17.5. The Morgan fingerprint density at radius 2 is 1.29 bits per heavy atom. The van der Waals surface area contributed by atoms with Gasteiger partial charge in [0.15, 0.2) is 0 Å². The van der Waals surface area contributed by atoms with Crippen molar-refractivity contribution in [3.63, 3.8) is 0 Å². The average molecular weight is 348 g/mol. The molecule has 2 saturated heterocycles. The Hall–Kier alpha value is -0.280. The molecule has 0 atom stereocenters. The highest BCUT2D eigenvalue weighted by molar-refractivity contribution is 4.86. The minimum Gasteiger partial charge on any atom is -0.379 e. The highest BCUT2D eigenvalue weighted by Gasteiger charge is 2.50. The van der Waals surface area contributed by atoms with E-state index in [1.807, 2.05) is 13.8 Å². The molecule has 2 rings (SSSR count). The van der Waals surface area contributed by atoms with Crippen molar-refractivity contribution in [2.24, 2.45) is 5.41 Å². The molecule has 0 saturated carbocycles. The third-order valence-corrected chi connectivity index (χ3v) is 4.47. The van der Waals surface area contributed by atoms with E-state index in [0.29, 0.717) is 52.5 Å². The smallest absolute Gasteiger partial charge is 0.282 e. The Kier molecular flexibility index (Phi) is 7.42. The van der Waals surface area contributed by atoms with E-state index >= 15 is 0 Å². The van der Waals surface area contributed by atoms with Crippen LogP contribution in [0.1, 0.15) is 40.0 Å². The van der Waals surface area contributed by atoms with Gasteiger partial charge in [-0.2, -0.15) is 0 Å². The third-order valence-electron chi connectivity index (χ3n) is 4.47. The summed E-state index contributed by atoms with van der Waals surface area (Å²) in [5.74, 6) is -1.95. The van der Waals surface area contributed by atoms with Crippen molar-refractivity contribution in [1.82, 2.24) is 0 Å². The molecule has 2 heterocycles. The Morgan fingerprint density at radius 1 is 0.750 bits per heavy atom. The molecule has 7 heteroatoms. The molecule has 0 aromatic heterocycles. The number of methoxy groups -OCH3 is 1. The monoisotopic (exact) mass is 348 g/mol. The molecule has 0 N–H and O–H groups in total. The van der Waals surface area contributed by atoms with Crippen molar-refractivity contribution in [1.29, 1.82) is 0 Å². The van der Waals surface area contributed by atoms with Crippen LogP contribution in [-0.4, -0.2) is 65.3 Å². The first kappa shape index (κ1) is 20.0. The summed E-state index contributed by atoms with van der Waals surface area (Å²) in [7, 11) is 1.59. The summed E-state index contributed by atoms with van der Waals surface area (Å²) in [6.45, 7) is 9.58. The lowest BCUT2D eigenvalue weighted by atomic mass is 9.90. The molecule has 0 bridgehead atoms. The molecule has 0 aromatic carbocycles. The Morgan fingerprint density at radius 3 is 1.75 bits per heavy atom. The van der Waals surface area contributed by atoms with Crippen molar-refractivity contribution in [3.05, 3.63) is 0 Å². The van der Waals surface area contributed by atoms with Crippen molar-refractivity contribution >= 4 is 0 Å². The number of rotatable bonds is 9. The van der Waals surface area contributed by atoms with E-state index in [0.717, 1.165) is 13.0 Å². The van der Waals surface area contributed by atoms with E-state index in [4.69, 9.17) is 33.2 Å². The molecule has 2 aliphatic heterocycles. The van der Waals surface area contributed by atoms with Gasteiger partial charge in [0.05, 0.1) is 45.1 Å². The van der Waals surface area contributed by atoms with Crippen LogP contribution in [-0.2, 0) is 33.2 Å². The SMILES string of the molecule is CCCOCCOC1(CC)OCC2(COC(CC)(OC)OC2)CO1. The van der Waals surface area contributed by atoms with E-state index in [1.54, 1.807) is 7.11 Å². The molecule has 1 spiro atoms. The molecule has 24 heavy (non-hydrogen) atoms. The molecule has 0 aromatic rings. The second kappa shape index (κ2) is 8.89. The average Bonchev–Trinajstić information content (AvgIpc) is 2.65. The highest BCUT2D eigenvalue weighted by Crippen LogP contribution is 2.39. The van der Waals surface area contributed by atoms with Crippen molar-refractivity contribution < 1.29 is 33.2 Å². The third kappa shape index (κ3) is 4.66. The zero-order valence-electron chi connectivity index (χ0n) is 15.4. The van der Waals surface area contributed by atoms with Crippen LogP contribution in [0, 0.1) is 5.41 Å². The fraction of sp³-hybridized carbons (Fsp3) is 1.00. The molecule has 0 radical (unpaired) electrons. The number of hydrogen-bond donors (Lipinski definition) is 0. The van der Waals surface area contributed by atoms with Crippen molar-refractivity contribution in [3.8, 4) is 0 Å². The minimum absolute atomic E-state index is 0.321. The maximum absolute atomic E-state index is 5.95. The lowest BCUT2D eigenvalue weighted by Crippen LogP contribution is -2.59. The largest absolute Gasteiger partial charge is 0.379 e. The van der Waals surface area contributed by atoms with E-state index in [2.05, 4.69) is 6.92 Å². The summed E-state index contributed by atoms with van der Waals surface area (Å²) < 4.78 is 40.1. The van der Waals surface area contributed by atoms with Crippen LogP contribution in [0.25, 0.3) is 0 Å². The van der Waals surface area contributed by atoms with E-state index in [-0.39, 0.29) is 5.41 Å². The van der Waals surface area contributed by atoms with Gasteiger partial charge in [-0.25, -0.2) is 0 Å². The predicted molar refractivity (Wildman–Crippen MR) is 86.4 cm³/mol. The summed E-state index contributed by atoms with van der Waals surface area (Å²) >= 11 is 0. The fourth-order valence-corrected chi connectivity index (χ4v) is 2.74. The highest BCUT2D eigenvalue weighted by atomic mass is 16.9. The van der Waals surface area contributed by atoms with Crippen LogP contribution in [0.15, 0.2) is 0 Å². The number of hydrogen-bond acceptors (Lipinski definition) is 7. The van der Waals surface area contributed by atoms with Crippen molar-refractivity contribution in [2.75, 3.05) is 53.4 Å². The van der Waals surface area contributed by atoms with Gasteiger partial charge in [-0.05, 0) is 6.42 Å². The summed E-state index contributed by atoms with van der Waals surface area (Å²) in [6.07, 6.45) is 2.23. The van der Waals surface area contributed by atoms with Crippen molar-refractivity contribution in [2.45, 2.75) is 52.0 Å². The van der Waals surface area contributed by atoms with Crippen LogP contribution in [0.3, 0.4) is 0 Å². The van der Waals surface area contributed by atoms with Crippen LogP contribution in [0.5, 0.6) is 0 Å². The molecular formula is C17H32O7. The van der Waals surface area contributed by atoms with Gasteiger partial charge >= 0.3 is 0 Å². The quantitative estimate of drug-likeness (QED) is 0.592. The molecule has 142 valence electrons. The van der Waals surface area contributed by atoms with Gasteiger partial charge in [-0.1, -0.05) is 20.8 Å². The molecular weight excluding hydrogens is 316 g/mol. The van der Waals surface area contributed by atoms with Gasteiger partial charge in [0.25, 0.3) is 11.9 Å². The van der Waals surface area contributed by atoms with E-state index < -0.39 is 11.9 Å². The van der Waals surface area contributed by atoms with Crippen LogP contribution in [0.2, 0.25) is 0 Å². The Balaban J connectivity index is 1.81. The molecule has 0 unspecified atom stereocenters. The molecule has 0 amide bonds. The molecule has 2 aliphatic rings. The topological polar surface area (TPSA) is 64.6 Å². The summed E-state index contributed by atoms with van der Waals surface area (Å²) in [5, 5.41) is 0.